The Kier molecular flexibility index (Phi) is 2.70. The molecule has 5 heteroatoms. The molecule has 20 heavy (non-hydrogen) atoms. The van der Waals surface area contributed by atoms with Gasteiger partial charge in [0.25, 0.3) is 0 Å². The Morgan fingerprint density at radius 1 is 1.10 bits per heavy atom. The van der Waals surface area contributed by atoms with Crippen LogP contribution in [0.15, 0.2) is 12.2 Å². The first-order chi connectivity index (χ1) is 9.13. The number of hydrogen-bond acceptors (Lipinski definition) is 5. The molecule has 0 amide bonds. The topological polar surface area (TPSA) is 87.0 Å². The summed E-state index contributed by atoms with van der Waals surface area (Å²) in [6, 6.07) is 0. The maximum atomic E-state index is 11.9. The number of carbonyl (C=O) groups is 1. The molecule has 4 aliphatic carbocycles. The van der Waals surface area contributed by atoms with Gasteiger partial charge in [-0.05, 0) is 26.2 Å². The maximum absolute atomic E-state index is 11.9. The van der Waals surface area contributed by atoms with Gasteiger partial charge in [0.1, 0.15) is 5.60 Å². The largest absolute Gasteiger partial charge is 0.455 e. The quantitative estimate of drug-likeness (QED) is 0.523. The Morgan fingerprint density at radius 2 is 1.65 bits per heavy atom. The number of aliphatic hydroxyl groups is 3. The Hall–Kier alpha value is -0.910. The number of ether oxygens (including phenoxy) is 1. The van der Waals surface area contributed by atoms with Gasteiger partial charge >= 0.3 is 5.97 Å². The lowest BCUT2D eigenvalue weighted by molar-refractivity contribution is -0.289. The predicted molar refractivity (Wildman–Crippen MR) is 70.8 cm³/mol. The van der Waals surface area contributed by atoms with Crippen LogP contribution in [0.3, 0.4) is 0 Å². The third-order valence-electron chi connectivity index (χ3n) is 5.06. The zero-order valence-corrected chi connectivity index (χ0v) is 11.8. The molecular formula is C15H22O5. The summed E-state index contributed by atoms with van der Waals surface area (Å²) < 4.78 is 5.60. The van der Waals surface area contributed by atoms with Gasteiger partial charge in [-0.15, -0.1) is 0 Å². The van der Waals surface area contributed by atoms with Crippen LogP contribution in [0.25, 0.3) is 0 Å². The summed E-state index contributed by atoms with van der Waals surface area (Å²) in [5.41, 5.74) is -3.23. The Bertz CT molecular complexity index is 465. The molecule has 0 saturated heterocycles. The highest BCUT2D eigenvalue weighted by molar-refractivity contribution is 5.87. The molecule has 4 bridgehead atoms. The SMILES string of the molecule is C=C(C)C(=O)OC12CC3(O)CC(O)(CC(CO)(C3)C1)C2. The normalized spacial score (nSPS) is 49.2. The first-order valence-electron chi connectivity index (χ1n) is 7.08. The molecule has 0 aromatic heterocycles. The van der Waals surface area contributed by atoms with Crippen LogP contribution < -0.4 is 0 Å². The van der Waals surface area contributed by atoms with Gasteiger partial charge < -0.3 is 20.1 Å². The lowest BCUT2D eigenvalue weighted by atomic mass is 9.45. The summed E-state index contributed by atoms with van der Waals surface area (Å²) in [7, 11) is 0. The van der Waals surface area contributed by atoms with Gasteiger partial charge in [0.15, 0.2) is 0 Å². The highest BCUT2D eigenvalue weighted by Crippen LogP contribution is 2.65. The third-order valence-corrected chi connectivity index (χ3v) is 5.06. The molecule has 112 valence electrons. The van der Waals surface area contributed by atoms with E-state index in [1.165, 1.54) is 0 Å². The number of carbonyl (C=O) groups excluding carboxylic acids is 1. The van der Waals surface area contributed by atoms with Gasteiger partial charge in [-0.2, -0.15) is 0 Å². The van der Waals surface area contributed by atoms with Crippen molar-refractivity contribution in [2.75, 3.05) is 6.61 Å². The van der Waals surface area contributed by atoms with E-state index in [1.54, 1.807) is 6.92 Å². The molecule has 5 nitrogen and oxygen atoms in total. The van der Waals surface area contributed by atoms with E-state index in [-0.39, 0.29) is 6.61 Å². The van der Waals surface area contributed by atoms with Crippen molar-refractivity contribution in [3.8, 4) is 0 Å². The van der Waals surface area contributed by atoms with E-state index in [2.05, 4.69) is 6.58 Å². The van der Waals surface area contributed by atoms with Crippen molar-refractivity contribution in [1.29, 1.82) is 0 Å². The van der Waals surface area contributed by atoms with E-state index < -0.39 is 28.2 Å². The number of hydrogen-bond donors (Lipinski definition) is 3. The predicted octanol–water partition coefficient (Wildman–Crippen LogP) is 0.667. The minimum absolute atomic E-state index is 0.107. The van der Waals surface area contributed by atoms with Crippen LogP contribution in [-0.2, 0) is 9.53 Å². The molecule has 4 fully saturated rings. The van der Waals surface area contributed by atoms with Crippen molar-refractivity contribution >= 4 is 5.97 Å². The zero-order valence-electron chi connectivity index (χ0n) is 11.8. The van der Waals surface area contributed by atoms with Gasteiger partial charge in [0, 0.05) is 36.9 Å². The van der Waals surface area contributed by atoms with Crippen molar-refractivity contribution in [1.82, 2.24) is 0 Å². The van der Waals surface area contributed by atoms with Crippen LogP contribution in [-0.4, -0.2) is 44.7 Å². The number of rotatable bonds is 3. The average molecular weight is 282 g/mol. The Labute approximate surface area is 118 Å². The summed E-state index contributed by atoms with van der Waals surface area (Å²) in [4.78, 5) is 11.9. The third kappa shape index (κ3) is 2.00. The summed E-state index contributed by atoms with van der Waals surface area (Å²) >= 11 is 0. The smallest absolute Gasteiger partial charge is 0.333 e. The molecule has 0 heterocycles. The molecular weight excluding hydrogens is 260 g/mol. The fourth-order valence-corrected chi connectivity index (χ4v) is 5.20. The summed E-state index contributed by atoms with van der Waals surface area (Å²) in [5.74, 6) is -0.493. The minimum atomic E-state index is -1.05. The van der Waals surface area contributed by atoms with Crippen molar-refractivity contribution in [2.24, 2.45) is 5.41 Å². The van der Waals surface area contributed by atoms with E-state index in [4.69, 9.17) is 4.74 Å². The van der Waals surface area contributed by atoms with Crippen molar-refractivity contribution in [3.63, 3.8) is 0 Å². The fraction of sp³-hybridized carbons (Fsp3) is 0.800. The Balaban J connectivity index is 1.97. The van der Waals surface area contributed by atoms with Crippen molar-refractivity contribution in [2.45, 2.75) is 62.3 Å². The lowest BCUT2D eigenvalue weighted by Crippen LogP contribution is -2.71. The second-order valence-corrected chi connectivity index (χ2v) is 7.52. The van der Waals surface area contributed by atoms with Gasteiger partial charge in [0.05, 0.1) is 11.2 Å². The second-order valence-electron chi connectivity index (χ2n) is 7.52. The molecule has 0 aliphatic heterocycles. The van der Waals surface area contributed by atoms with Crippen LogP contribution in [0.4, 0.5) is 0 Å². The minimum Gasteiger partial charge on any atom is -0.455 e. The van der Waals surface area contributed by atoms with E-state index in [1.807, 2.05) is 0 Å². The molecule has 3 N–H and O–H groups in total. The first-order valence-corrected chi connectivity index (χ1v) is 7.08. The zero-order chi connectivity index (χ0) is 14.8. The van der Waals surface area contributed by atoms with Crippen molar-refractivity contribution in [3.05, 3.63) is 12.2 Å². The van der Waals surface area contributed by atoms with Crippen LogP contribution in [0.2, 0.25) is 0 Å². The first kappa shape index (κ1) is 14.0. The molecule has 0 aromatic rings. The maximum Gasteiger partial charge on any atom is 0.333 e. The van der Waals surface area contributed by atoms with Crippen LogP contribution in [0, 0.1) is 5.41 Å². The van der Waals surface area contributed by atoms with Crippen LogP contribution >= 0.6 is 0 Å². The van der Waals surface area contributed by atoms with Gasteiger partial charge in [0.2, 0.25) is 0 Å². The molecule has 2 unspecified atom stereocenters. The molecule has 2 atom stereocenters. The monoisotopic (exact) mass is 282 g/mol. The fourth-order valence-electron chi connectivity index (χ4n) is 5.20. The molecule has 4 aliphatic rings. The molecule has 0 radical (unpaired) electrons. The van der Waals surface area contributed by atoms with Gasteiger partial charge in [-0.25, -0.2) is 4.79 Å². The molecule has 0 spiro atoms. The summed E-state index contributed by atoms with van der Waals surface area (Å²) in [6.07, 6.45) is 2.40. The van der Waals surface area contributed by atoms with E-state index in [0.717, 1.165) is 0 Å². The summed E-state index contributed by atoms with van der Waals surface area (Å²) in [6.45, 7) is 5.05. The van der Waals surface area contributed by atoms with E-state index in [9.17, 15) is 20.1 Å². The van der Waals surface area contributed by atoms with Crippen LogP contribution in [0.1, 0.15) is 45.4 Å². The van der Waals surface area contributed by atoms with Crippen LogP contribution in [0.5, 0.6) is 0 Å². The highest BCUT2D eigenvalue weighted by Gasteiger charge is 2.69. The van der Waals surface area contributed by atoms with E-state index >= 15 is 0 Å². The molecule has 0 aromatic carbocycles. The average Bonchev–Trinajstić information content (AvgIpc) is 2.23. The number of esters is 1. The molecule has 4 rings (SSSR count). The van der Waals surface area contributed by atoms with E-state index in [0.29, 0.717) is 44.1 Å². The lowest BCUT2D eigenvalue weighted by Gasteiger charge is -2.66. The number of aliphatic hydroxyl groups excluding tert-OH is 1. The Morgan fingerprint density at radius 3 is 2.10 bits per heavy atom. The standard InChI is InChI=1S/C15H22O5/c1-10(2)11(17)20-15-5-12(9-16)3-13(18,7-15)6-14(19,4-12)8-15/h16,18-19H,1,3-9H2,2H3. The second kappa shape index (κ2) is 3.84. The van der Waals surface area contributed by atoms with Gasteiger partial charge in [-0.3, -0.25) is 0 Å². The van der Waals surface area contributed by atoms with Gasteiger partial charge in [-0.1, -0.05) is 6.58 Å². The highest BCUT2D eigenvalue weighted by atomic mass is 16.6. The molecule has 4 saturated carbocycles. The summed E-state index contributed by atoms with van der Waals surface area (Å²) in [5, 5.41) is 31.1. The van der Waals surface area contributed by atoms with Crippen molar-refractivity contribution < 1.29 is 24.9 Å².